The van der Waals surface area contributed by atoms with Crippen LogP contribution < -0.4 is 10.4 Å². The number of amides is 1. The van der Waals surface area contributed by atoms with Crippen molar-refractivity contribution in [2.75, 3.05) is 13.7 Å². The summed E-state index contributed by atoms with van der Waals surface area (Å²) < 4.78 is 23.1. The third-order valence-electron chi connectivity index (χ3n) is 6.87. The van der Waals surface area contributed by atoms with E-state index in [2.05, 4.69) is 45.0 Å². The van der Waals surface area contributed by atoms with Gasteiger partial charge in [-0.1, -0.05) is 81.4 Å². The van der Waals surface area contributed by atoms with Crippen molar-refractivity contribution in [1.82, 2.24) is 4.90 Å². The number of β-lactam (4-membered cyclic amide) rings is 1. The van der Waals surface area contributed by atoms with Crippen LogP contribution >= 0.6 is 0 Å². The number of nitrogens with zero attached hydrogens (tertiary/aromatic N) is 1. The maximum atomic E-state index is 13.4. The van der Waals surface area contributed by atoms with Crippen LogP contribution in [0.15, 0.2) is 72.1 Å². The summed E-state index contributed by atoms with van der Waals surface area (Å²) >= 11 is 0. The number of ether oxygens (including phenoxy) is 3. The fraction of sp³-hybridized carbons (Fsp3) is 0.393. The second kappa shape index (κ2) is 10.2. The lowest BCUT2D eigenvalue weighted by Crippen LogP contribution is -2.70. The highest BCUT2D eigenvalue weighted by molar-refractivity contribution is 6.99. The summed E-state index contributed by atoms with van der Waals surface area (Å²) in [7, 11) is -1.67. The Kier molecular flexibility index (Phi) is 7.41. The van der Waals surface area contributed by atoms with Gasteiger partial charge in [0.2, 0.25) is 5.91 Å². The van der Waals surface area contributed by atoms with Crippen LogP contribution in [0.2, 0.25) is 5.04 Å². The van der Waals surface area contributed by atoms with Crippen LogP contribution in [0.4, 0.5) is 0 Å². The maximum absolute atomic E-state index is 13.4. The van der Waals surface area contributed by atoms with Crippen molar-refractivity contribution in [3.63, 3.8) is 0 Å². The van der Waals surface area contributed by atoms with E-state index in [1.165, 1.54) is 18.9 Å². The van der Waals surface area contributed by atoms with Crippen LogP contribution in [-0.4, -0.2) is 57.1 Å². The average Bonchev–Trinajstić information content (AvgIpc) is 2.87. The first-order chi connectivity index (χ1) is 17.5. The zero-order valence-corrected chi connectivity index (χ0v) is 23.0. The van der Waals surface area contributed by atoms with Gasteiger partial charge in [-0.05, 0) is 22.3 Å². The molecule has 0 N–H and O–H groups in total. The van der Waals surface area contributed by atoms with Gasteiger partial charge in [-0.2, -0.15) is 0 Å². The van der Waals surface area contributed by atoms with E-state index >= 15 is 0 Å². The number of carbonyl (C=O) groups excluding carboxylic acids is 3. The number of rotatable bonds is 7. The summed E-state index contributed by atoms with van der Waals surface area (Å²) in [6.45, 7) is 9.49. The molecular formula is C28H33NO7Si. The minimum Gasteiger partial charge on any atom is -0.464 e. The van der Waals surface area contributed by atoms with Gasteiger partial charge >= 0.3 is 11.9 Å². The molecule has 3 atom stereocenters. The fourth-order valence-corrected chi connectivity index (χ4v) is 9.80. The molecule has 2 aromatic carbocycles. The van der Waals surface area contributed by atoms with Gasteiger partial charge in [-0.3, -0.25) is 14.5 Å². The number of fused-ring (bicyclic) bond motifs is 1. The second-order valence-electron chi connectivity index (χ2n) is 10.3. The molecule has 0 saturated carbocycles. The van der Waals surface area contributed by atoms with Crippen molar-refractivity contribution in [3.8, 4) is 0 Å². The molecule has 0 bridgehead atoms. The number of methoxy groups -OCH3 is 1. The van der Waals surface area contributed by atoms with Crippen molar-refractivity contribution in [1.29, 1.82) is 0 Å². The van der Waals surface area contributed by atoms with Crippen molar-refractivity contribution >= 4 is 36.5 Å². The van der Waals surface area contributed by atoms with Gasteiger partial charge in [-0.15, -0.1) is 0 Å². The Hall–Kier alpha value is -3.27. The highest BCUT2D eigenvalue weighted by Gasteiger charge is 2.58. The Morgan fingerprint density at radius 2 is 1.54 bits per heavy atom. The number of esters is 2. The van der Waals surface area contributed by atoms with Crippen molar-refractivity contribution in [2.45, 2.75) is 52.0 Å². The molecule has 9 heteroatoms. The molecule has 196 valence electrons. The molecule has 2 aromatic rings. The molecule has 2 heterocycles. The molecule has 0 aromatic heterocycles. The third-order valence-corrected chi connectivity index (χ3v) is 11.9. The van der Waals surface area contributed by atoms with E-state index in [1.807, 2.05) is 36.4 Å². The van der Waals surface area contributed by atoms with E-state index in [0.29, 0.717) is 0 Å². The molecule has 1 fully saturated rings. The zero-order valence-electron chi connectivity index (χ0n) is 22.0. The maximum Gasteiger partial charge on any atom is 0.358 e. The van der Waals surface area contributed by atoms with Gasteiger partial charge in [-0.25, -0.2) is 4.79 Å². The molecule has 37 heavy (non-hydrogen) atoms. The molecule has 1 amide bonds. The molecule has 0 unspecified atom stereocenters. The van der Waals surface area contributed by atoms with E-state index in [-0.39, 0.29) is 29.0 Å². The van der Waals surface area contributed by atoms with Gasteiger partial charge in [0, 0.05) is 6.92 Å². The molecule has 2 aliphatic heterocycles. The predicted octanol–water partition coefficient (Wildman–Crippen LogP) is 2.71. The standard InChI is InChI=1S/C28H33NO7Si/c1-18-24(36-19(2)30)23(27(32)33-6)29-25(31)22(26(29)35-18)17-34-37(28(3,4)5,20-13-9-7-10-14-20)21-15-11-8-12-16-21/h7-16,18,22,26H,17H2,1-6H3/t18-,22+,26+/m0/s1. The number of hydrogen-bond acceptors (Lipinski definition) is 7. The van der Waals surface area contributed by atoms with Crippen LogP contribution in [-0.2, 0) is 33.0 Å². The first-order valence-electron chi connectivity index (χ1n) is 12.3. The van der Waals surface area contributed by atoms with Gasteiger partial charge in [0.1, 0.15) is 12.0 Å². The molecule has 8 nitrogen and oxygen atoms in total. The van der Waals surface area contributed by atoms with Crippen LogP contribution in [0.1, 0.15) is 34.6 Å². The van der Waals surface area contributed by atoms with Gasteiger partial charge < -0.3 is 18.6 Å². The SMILES string of the molecule is COC(=O)C1=C(OC(C)=O)[C@H](C)O[C@@H]2[C@H](CO[Si](c3ccccc3)(c3ccccc3)C(C)(C)C)C(=O)N12. The summed E-state index contributed by atoms with van der Waals surface area (Å²) in [6.07, 6.45) is -1.48. The molecule has 4 rings (SSSR count). The lowest BCUT2D eigenvalue weighted by atomic mass is 9.93. The quantitative estimate of drug-likeness (QED) is 0.313. The minimum atomic E-state index is -2.88. The van der Waals surface area contributed by atoms with Gasteiger partial charge in [0.25, 0.3) is 8.32 Å². The fourth-order valence-electron chi connectivity index (χ4n) is 5.21. The first kappa shape index (κ1) is 26.8. The Labute approximate surface area is 218 Å². The Morgan fingerprint density at radius 3 is 2.00 bits per heavy atom. The van der Waals surface area contributed by atoms with Crippen LogP contribution in [0.3, 0.4) is 0 Å². The molecule has 2 aliphatic rings. The van der Waals surface area contributed by atoms with Crippen molar-refractivity contribution in [3.05, 3.63) is 72.1 Å². The first-order valence-corrected chi connectivity index (χ1v) is 14.2. The molecule has 0 radical (unpaired) electrons. The van der Waals surface area contributed by atoms with Gasteiger partial charge in [0.15, 0.2) is 17.7 Å². The topological polar surface area (TPSA) is 91.4 Å². The average molecular weight is 524 g/mol. The third kappa shape index (κ3) is 4.63. The van der Waals surface area contributed by atoms with E-state index in [9.17, 15) is 14.4 Å². The second-order valence-corrected chi connectivity index (χ2v) is 14.6. The van der Waals surface area contributed by atoms with E-state index in [0.717, 1.165) is 10.4 Å². The summed E-state index contributed by atoms with van der Waals surface area (Å²) in [5, 5.41) is 1.94. The van der Waals surface area contributed by atoms with E-state index in [4.69, 9.17) is 18.6 Å². The largest absolute Gasteiger partial charge is 0.464 e. The lowest BCUT2D eigenvalue weighted by Gasteiger charge is -2.52. The van der Waals surface area contributed by atoms with Crippen LogP contribution in [0, 0.1) is 5.92 Å². The molecule has 1 saturated heterocycles. The highest BCUT2D eigenvalue weighted by Crippen LogP contribution is 2.42. The molecule has 0 spiro atoms. The normalized spacial score (nSPS) is 21.7. The zero-order chi connectivity index (χ0) is 27.0. The van der Waals surface area contributed by atoms with E-state index < -0.39 is 38.5 Å². The summed E-state index contributed by atoms with van der Waals surface area (Å²) in [6, 6.07) is 20.3. The Morgan fingerprint density at radius 1 is 1.00 bits per heavy atom. The summed E-state index contributed by atoms with van der Waals surface area (Å²) in [5.41, 5.74) is -0.104. The van der Waals surface area contributed by atoms with Crippen LogP contribution in [0.25, 0.3) is 0 Å². The minimum absolute atomic E-state index is 0.0321. The molecule has 0 aliphatic carbocycles. The molecular weight excluding hydrogens is 490 g/mol. The Bertz CT molecular complexity index is 1170. The van der Waals surface area contributed by atoms with Gasteiger partial charge in [0.05, 0.1) is 13.7 Å². The highest BCUT2D eigenvalue weighted by atomic mass is 28.4. The number of carbonyl (C=O) groups is 3. The van der Waals surface area contributed by atoms with Crippen molar-refractivity contribution < 1.29 is 33.0 Å². The Balaban J connectivity index is 1.70. The monoisotopic (exact) mass is 523 g/mol. The van der Waals surface area contributed by atoms with Crippen LogP contribution in [0.5, 0.6) is 0 Å². The van der Waals surface area contributed by atoms with Crippen molar-refractivity contribution in [2.24, 2.45) is 5.92 Å². The number of benzene rings is 2. The summed E-state index contributed by atoms with van der Waals surface area (Å²) in [4.78, 5) is 38.9. The number of hydrogen-bond donors (Lipinski definition) is 0. The lowest BCUT2D eigenvalue weighted by molar-refractivity contribution is -0.212. The predicted molar refractivity (Wildman–Crippen MR) is 139 cm³/mol. The smallest absolute Gasteiger partial charge is 0.358 e. The summed E-state index contributed by atoms with van der Waals surface area (Å²) in [5.74, 6) is -2.40. The van der Waals surface area contributed by atoms with E-state index in [1.54, 1.807) is 6.92 Å².